The maximum atomic E-state index is 12.2. The van der Waals surface area contributed by atoms with Crippen LogP contribution < -0.4 is 10.1 Å². The average molecular weight is 460 g/mol. The van der Waals surface area contributed by atoms with Gasteiger partial charge < -0.3 is 10.1 Å². The summed E-state index contributed by atoms with van der Waals surface area (Å²) in [7, 11) is 1.25. The lowest BCUT2D eigenvalue weighted by molar-refractivity contribution is -0.385. The highest BCUT2D eigenvalue weighted by Crippen LogP contribution is 2.25. The van der Waals surface area contributed by atoms with Crippen LogP contribution in [0.3, 0.4) is 0 Å². The minimum atomic E-state index is -0.651. The minimum Gasteiger partial charge on any atom is -0.475 e. The zero-order chi connectivity index (χ0) is 21.1. The maximum Gasteiger partial charge on any atom is 0.350 e. The van der Waals surface area contributed by atoms with Crippen LogP contribution in [-0.2, 0) is 17.9 Å². The number of amides is 1. The SMILES string of the molecule is COc1nn(CC(=O)Nc2nn(Cc3ccc(Cl)c(Cl)c3)cc2Cl)cc1[N+](=O)[O-]. The second-order valence-electron chi connectivity index (χ2n) is 5.80. The van der Waals surface area contributed by atoms with E-state index in [1.54, 1.807) is 24.4 Å². The summed E-state index contributed by atoms with van der Waals surface area (Å²) in [5.74, 6) is -0.566. The van der Waals surface area contributed by atoms with Crippen molar-refractivity contribution in [3.63, 3.8) is 0 Å². The molecule has 1 aromatic carbocycles. The normalized spacial score (nSPS) is 10.8. The Morgan fingerprint density at radius 1 is 1.17 bits per heavy atom. The van der Waals surface area contributed by atoms with Gasteiger partial charge in [-0.2, -0.15) is 5.10 Å². The third kappa shape index (κ3) is 4.97. The van der Waals surface area contributed by atoms with Crippen LogP contribution in [0.1, 0.15) is 5.56 Å². The topological polar surface area (TPSA) is 117 Å². The number of carbonyl (C=O) groups is 1. The van der Waals surface area contributed by atoms with Crippen LogP contribution in [0.2, 0.25) is 15.1 Å². The van der Waals surface area contributed by atoms with Crippen molar-refractivity contribution in [2.45, 2.75) is 13.1 Å². The van der Waals surface area contributed by atoms with Crippen molar-refractivity contribution in [1.29, 1.82) is 0 Å². The van der Waals surface area contributed by atoms with Crippen LogP contribution >= 0.6 is 34.8 Å². The molecule has 0 unspecified atom stereocenters. The van der Waals surface area contributed by atoms with Gasteiger partial charge >= 0.3 is 11.6 Å². The van der Waals surface area contributed by atoms with E-state index in [1.807, 2.05) is 0 Å². The molecule has 0 fully saturated rings. The lowest BCUT2D eigenvalue weighted by atomic mass is 10.2. The molecule has 29 heavy (non-hydrogen) atoms. The fourth-order valence-corrected chi connectivity index (χ4v) is 2.97. The summed E-state index contributed by atoms with van der Waals surface area (Å²) in [5.41, 5.74) is 0.497. The number of halogens is 3. The molecule has 0 aliphatic heterocycles. The number of aromatic nitrogens is 4. The molecule has 2 aromatic heterocycles. The predicted octanol–water partition coefficient (Wildman–Crippen LogP) is 3.64. The zero-order valence-electron chi connectivity index (χ0n) is 14.8. The summed E-state index contributed by atoms with van der Waals surface area (Å²) in [5, 5.41) is 22.6. The molecule has 0 aliphatic carbocycles. The van der Waals surface area contributed by atoms with Crippen molar-refractivity contribution < 1.29 is 14.5 Å². The number of benzene rings is 1. The Hall–Kier alpha value is -2.82. The Bertz CT molecular complexity index is 1080. The Balaban J connectivity index is 1.68. The van der Waals surface area contributed by atoms with Crippen molar-refractivity contribution in [2.24, 2.45) is 0 Å². The van der Waals surface area contributed by atoms with E-state index in [-0.39, 0.29) is 29.0 Å². The van der Waals surface area contributed by atoms with Crippen LogP contribution in [0.5, 0.6) is 5.88 Å². The van der Waals surface area contributed by atoms with E-state index in [0.717, 1.165) is 16.4 Å². The van der Waals surface area contributed by atoms with Crippen molar-refractivity contribution in [2.75, 3.05) is 12.4 Å². The Kier molecular flexibility index (Phi) is 6.26. The van der Waals surface area contributed by atoms with Crippen molar-refractivity contribution in [3.05, 3.63) is 61.3 Å². The van der Waals surface area contributed by atoms with Gasteiger partial charge in [0.1, 0.15) is 17.8 Å². The van der Waals surface area contributed by atoms with Gasteiger partial charge in [0.2, 0.25) is 5.91 Å². The van der Waals surface area contributed by atoms with E-state index in [4.69, 9.17) is 39.5 Å². The van der Waals surface area contributed by atoms with Crippen LogP contribution in [0.15, 0.2) is 30.6 Å². The van der Waals surface area contributed by atoms with Crippen LogP contribution in [0.25, 0.3) is 0 Å². The summed E-state index contributed by atoms with van der Waals surface area (Å²) in [6.07, 6.45) is 2.64. The van der Waals surface area contributed by atoms with E-state index in [9.17, 15) is 14.9 Å². The molecule has 13 heteroatoms. The number of nitro groups is 1. The molecule has 0 atom stereocenters. The van der Waals surface area contributed by atoms with Gasteiger partial charge in [0, 0.05) is 6.20 Å². The highest BCUT2D eigenvalue weighted by atomic mass is 35.5. The first-order chi connectivity index (χ1) is 13.8. The summed E-state index contributed by atoms with van der Waals surface area (Å²) in [6, 6.07) is 5.17. The second-order valence-corrected chi connectivity index (χ2v) is 7.02. The summed E-state index contributed by atoms with van der Waals surface area (Å²) in [6.45, 7) is 0.0647. The molecule has 1 amide bonds. The number of carbonyl (C=O) groups excluding carboxylic acids is 1. The van der Waals surface area contributed by atoms with Crippen LogP contribution in [-0.4, -0.2) is 37.5 Å². The number of nitrogens with zero attached hydrogens (tertiary/aromatic N) is 5. The van der Waals surface area contributed by atoms with E-state index < -0.39 is 10.8 Å². The number of hydrogen-bond acceptors (Lipinski definition) is 6. The monoisotopic (exact) mass is 458 g/mol. The number of ether oxygens (including phenoxy) is 1. The average Bonchev–Trinajstić information content (AvgIpc) is 3.21. The molecular formula is C16H13Cl3N6O4. The van der Waals surface area contributed by atoms with E-state index in [1.165, 1.54) is 11.8 Å². The van der Waals surface area contributed by atoms with E-state index >= 15 is 0 Å². The number of nitrogens with one attached hydrogen (secondary N) is 1. The van der Waals surface area contributed by atoms with Crippen LogP contribution in [0.4, 0.5) is 11.5 Å². The molecule has 0 spiro atoms. The Labute approximate surface area is 179 Å². The first-order valence-corrected chi connectivity index (χ1v) is 9.12. The summed E-state index contributed by atoms with van der Waals surface area (Å²) >= 11 is 18.0. The minimum absolute atomic E-state index is 0.144. The maximum absolute atomic E-state index is 12.2. The largest absolute Gasteiger partial charge is 0.475 e. The molecule has 2 heterocycles. The molecule has 152 valence electrons. The molecule has 0 saturated heterocycles. The molecule has 3 rings (SSSR count). The van der Waals surface area contributed by atoms with Gasteiger partial charge in [0.25, 0.3) is 0 Å². The molecule has 3 aromatic rings. The van der Waals surface area contributed by atoms with Crippen LogP contribution in [0, 0.1) is 10.1 Å². The van der Waals surface area contributed by atoms with Gasteiger partial charge in [0.15, 0.2) is 5.82 Å². The standard InChI is InChI=1S/C16H13Cl3N6O4/c1-29-16-13(25(27)28)7-24(22-16)8-14(26)20-15-12(19)6-23(21-15)5-9-2-3-10(17)11(18)4-9/h2-4,6-7H,5,8H2,1H3,(H,20,21,26). The molecule has 0 saturated carbocycles. The fraction of sp³-hybridized carbons (Fsp3) is 0.188. The zero-order valence-corrected chi connectivity index (χ0v) is 17.1. The smallest absolute Gasteiger partial charge is 0.350 e. The van der Waals surface area contributed by atoms with Gasteiger partial charge in [0.05, 0.1) is 28.6 Å². The summed E-state index contributed by atoms with van der Waals surface area (Å²) in [4.78, 5) is 22.5. The van der Waals surface area contributed by atoms with Gasteiger partial charge in [-0.1, -0.05) is 40.9 Å². The van der Waals surface area contributed by atoms with E-state index in [0.29, 0.717) is 16.6 Å². The van der Waals surface area contributed by atoms with Crippen molar-refractivity contribution in [3.8, 4) is 5.88 Å². The molecular weight excluding hydrogens is 447 g/mol. The van der Waals surface area contributed by atoms with Gasteiger partial charge in [-0.15, -0.1) is 5.10 Å². The van der Waals surface area contributed by atoms with Crippen molar-refractivity contribution in [1.82, 2.24) is 19.6 Å². The lowest BCUT2D eigenvalue weighted by Gasteiger charge is -2.04. The highest BCUT2D eigenvalue weighted by Gasteiger charge is 2.21. The molecule has 10 nitrogen and oxygen atoms in total. The molecule has 0 aliphatic rings. The Morgan fingerprint density at radius 2 is 1.93 bits per heavy atom. The number of anilines is 1. The number of hydrogen-bond donors (Lipinski definition) is 1. The summed E-state index contributed by atoms with van der Waals surface area (Å²) < 4.78 is 7.44. The second kappa shape index (κ2) is 8.68. The van der Waals surface area contributed by atoms with Gasteiger partial charge in [-0.25, -0.2) is 0 Å². The van der Waals surface area contributed by atoms with Gasteiger partial charge in [-0.3, -0.25) is 24.3 Å². The lowest BCUT2D eigenvalue weighted by Crippen LogP contribution is -2.19. The third-order valence-corrected chi connectivity index (χ3v) is 4.72. The quantitative estimate of drug-likeness (QED) is 0.426. The highest BCUT2D eigenvalue weighted by molar-refractivity contribution is 6.42. The Morgan fingerprint density at radius 3 is 2.55 bits per heavy atom. The predicted molar refractivity (Wildman–Crippen MR) is 107 cm³/mol. The third-order valence-electron chi connectivity index (χ3n) is 3.71. The number of rotatable bonds is 7. The first kappa shape index (κ1) is 20.9. The van der Waals surface area contributed by atoms with E-state index in [2.05, 4.69) is 15.5 Å². The number of methoxy groups -OCH3 is 1. The molecule has 0 bridgehead atoms. The van der Waals surface area contributed by atoms with Gasteiger partial charge in [-0.05, 0) is 17.7 Å². The fourth-order valence-electron chi connectivity index (χ4n) is 2.45. The molecule has 1 N–H and O–H groups in total. The molecule has 0 radical (unpaired) electrons. The first-order valence-electron chi connectivity index (χ1n) is 7.99. The van der Waals surface area contributed by atoms with Crippen molar-refractivity contribution >= 4 is 52.2 Å².